The molecular formula is C26H30N6O2S. The summed E-state index contributed by atoms with van der Waals surface area (Å²) in [5, 5.41) is 14.5. The van der Waals surface area contributed by atoms with Crippen LogP contribution in [-0.4, -0.2) is 47.3 Å². The first-order valence-electron chi connectivity index (χ1n) is 11.2. The summed E-state index contributed by atoms with van der Waals surface area (Å²) < 4.78 is 11.8. The Bertz CT molecular complexity index is 1210. The molecule has 8 nitrogen and oxygen atoms in total. The molecule has 182 valence electrons. The van der Waals surface area contributed by atoms with Gasteiger partial charge < -0.3 is 20.1 Å². The van der Waals surface area contributed by atoms with Crippen molar-refractivity contribution in [3.8, 4) is 11.5 Å². The van der Waals surface area contributed by atoms with Gasteiger partial charge in [0.25, 0.3) is 0 Å². The van der Waals surface area contributed by atoms with Gasteiger partial charge in [0.1, 0.15) is 35.7 Å². The molecule has 1 aromatic heterocycles. The fourth-order valence-electron chi connectivity index (χ4n) is 3.10. The monoisotopic (exact) mass is 490 g/mol. The van der Waals surface area contributed by atoms with Crippen LogP contribution in [0, 0.1) is 12.3 Å². The van der Waals surface area contributed by atoms with Crippen LogP contribution < -0.4 is 20.1 Å². The van der Waals surface area contributed by atoms with Crippen molar-refractivity contribution in [2.45, 2.75) is 13.8 Å². The van der Waals surface area contributed by atoms with Crippen molar-refractivity contribution in [2.75, 3.05) is 30.1 Å². The molecule has 0 spiro atoms. The highest BCUT2D eigenvalue weighted by Gasteiger charge is 2.08. The number of nitrogens with one attached hydrogen (secondary N) is 3. The van der Waals surface area contributed by atoms with Gasteiger partial charge >= 0.3 is 0 Å². The minimum atomic E-state index is 0.537. The molecule has 3 N–H and O–H groups in total. The number of aliphatic imine (C=N–C) groups is 1. The summed E-state index contributed by atoms with van der Waals surface area (Å²) in [6.07, 6.45) is 7.23. The third kappa shape index (κ3) is 7.94. The fraction of sp³-hybridized carbons (Fsp3) is 0.231. The van der Waals surface area contributed by atoms with Gasteiger partial charge in [-0.2, -0.15) is 0 Å². The number of benzene rings is 2. The Morgan fingerprint density at radius 3 is 2.89 bits per heavy atom. The van der Waals surface area contributed by atoms with Crippen LogP contribution in [0.5, 0.6) is 11.5 Å². The molecule has 2 aromatic carbocycles. The summed E-state index contributed by atoms with van der Waals surface area (Å²) in [4.78, 5) is 12.6. The molecule has 0 unspecified atom stereocenters. The minimum Gasteiger partial charge on any atom is -0.493 e. The first-order valence-corrected chi connectivity index (χ1v) is 12.4. The Hall–Kier alpha value is -3.69. The maximum Gasteiger partial charge on any atom is 0.141 e. The number of nitrogens with zero attached hydrogens (tertiary/aromatic N) is 3. The molecule has 0 aliphatic carbocycles. The zero-order chi connectivity index (χ0) is 24.9. The third-order valence-corrected chi connectivity index (χ3v) is 5.69. The molecule has 0 aliphatic rings. The minimum absolute atomic E-state index is 0.537. The molecule has 0 atom stereocenters. The lowest BCUT2D eigenvalue weighted by Gasteiger charge is -2.13. The number of aryl methyl sites for hydroxylation is 1. The van der Waals surface area contributed by atoms with Crippen LogP contribution in [0.1, 0.15) is 12.5 Å². The number of hydrogen-bond donors (Lipinski definition) is 3. The second kappa shape index (κ2) is 13.9. The molecule has 0 aliphatic heterocycles. The fourth-order valence-corrected chi connectivity index (χ4v) is 3.79. The second-order valence-corrected chi connectivity index (χ2v) is 8.42. The van der Waals surface area contributed by atoms with Crippen molar-refractivity contribution in [1.82, 2.24) is 15.3 Å². The van der Waals surface area contributed by atoms with Crippen LogP contribution in [0.15, 0.2) is 72.2 Å². The molecule has 35 heavy (non-hydrogen) atoms. The van der Waals surface area contributed by atoms with Crippen LogP contribution in [0.25, 0.3) is 10.9 Å². The van der Waals surface area contributed by atoms with E-state index in [0.717, 1.165) is 52.4 Å². The average molecular weight is 491 g/mol. The van der Waals surface area contributed by atoms with Gasteiger partial charge in [0.2, 0.25) is 0 Å². The Kier molecular flexibility index (Phi) is 10.3. The number of hydrogen-bond acceptors (Lipinski definition) is 8. The standard InChI is InChI=1S/C26H30N6O2S/c1-4-21(10-11-29-16-27)34-25-9-6-20(14-19(25)3)32-26-23-8-7-22(15-24(23)30-17-31-26)33-12-13-35-18-28-5-2/h4,6-11,14-17,27-28H,1,5,12-13,18H2,2-3H3,(H,30,31,32)/b21-10+,27-16?,29-11?. The second-order valence-electron chi connectivity index (χ2n) is 7.31. The average Bonchev–Trinajstić information content (AvgIpc) is 2.87. The molecule has 3 rings (SSSR count). The summed E-state index contributed by atoms with van der Waals surface area (Å²) in [7, 11) is 0. The van der Waals surface area contributed by atoms with Crippen LogP contribution in [0.4, 0.5) is 11.5 Å². The van der Waals surface area contributed by atoms with E-state index in [9.17, 15) is 0 Å². The van der Waals surface area contributed by atoms with Crippen LogP contribution in [-0.2, 0) is 0 Å². The highest BCUT2D eigenvalue weighted by atomic mass is 32.2. The first-order chi connectivity index (χ1) is 17.1. The molecule has 0 saturated carbocycles. The number of thioether (sulfide) groups is 1. The van der Waals surface area contributed by atoms with Crippen LogP contribution in [0.2, 0.25) is 0 Å². The summed E-state index contributed by atoms with van der Waals surface area (Å²) in [5.74, 6) is 4.59. The number of rotatable bonds is 14. The molecule has 0 fully saturated rings. The summed E-state index contributed by atoms with van der Waals surface area (Å²) in [5.41, 5.74) is 2.62. The van der Waals surface area contributed by atoms with Crippen LogP contribution in [0.3, 0.4) is 0 Å². The quantitative estimate of drug-likeness (QED) is 0.0685. The van der Waals surface area contributed by atoms with Crippen molar-refractivity contribution in [1.29, 1.82) is 5.41 Å². The van der Waals surface area contributed by atoms with Gasteiger partial charge in [0, 0.05) is 35.0 Å². The molecule has 3 aromatic rings. The maximum absolute atomic E-state index is 6.94. The number of allylic oxidation sites excluding steroid dienone is 2. The zero-order valence-electron chi connectivity index (χ0n) is 20.0. The van der Waals surface area contributed by atoms with Gasteiger partial charge in [-0.3, -0.25) is 5.41 Å². The highest BCUT2D eigenvalue weighted by molar-refractivity contribution is 7.99. The van der Waals surface area contributed by atoms with E-state index in [-0.39, 0.29) is 0 Å². The van der Waals surface area contributed by atoms with Gasteiger partial charge in [-0.1, -0.05) is 13.5 Å². The normalized spacial score (nSPS) is 11.5. The summed E-state index contributed by atoms with van der Waals surface area (Å²) in [6, 6.07) is 11.6. The van der Waals surface area contributed by atoms with E-state index in [1.54, 1.807) is 18.5 Å². The lowest BCUT2D eigenvalue weighted by atomic mass is 10.2. The smallest absolute Gasteiger partial charge is 0.141 e. The van der Waals surface area contributed by atoms with Crippen molar-refractivity contribution in [2.24, 2.45) is 4.99 Å². The maximum atomic E-state index is 6.94. The Balaban J connectivity index is 1.68. The van der Waals surface area contributed by atoms with Crippen molar-refractivity contribution >= 4 is 46.7 Å². The Morgan fingerprint density at radius 2 is 2.11 bits per heavy atom. The van der Waals surface area contributed by atoms with E-state index in [1.165, 1.54) is 6.21 Å². The van der Waals surface area contributed by atoms with E-state index in [2.05, 4.69) is 39.1 Å². The largest absolute Gasteiger partial charge is 0.493 e. The van der Waals surface area contributed by atoms with E-state index in [1.807, 2.05) is 55.1 Å². The molecule has 1 heterocycles. The molecule has 0 amide bonds. The van der Waals surface area contributed by atoms with Gasteiger partial charge in [0.05, 0.1) is 12.1 Å². The topological polar surface area (TPSA) is 105 Å². The lowest BCUT2D eigenvalue weighted by Crippen LogP contribution is -2.12. The van der Waals surface area contributed by atoms with E-state index in [4.69, 9.17) is 14.9 Å². The molecule has 0 saturated heterocycles. The van der Waals surface area contributed by atoms with Crippen molar-refractivity contribution in [3.05, 3.63) is 72.8 Å². The van der Waals surface area contributed by atoms with E-state index >= 15 is 0 Å². The number of fused-ring (bicyclic) bond motifs is 1. The Morgan fingerprint density at radius 1 is 1.23 bits per heavy atom. The highest BCUT2D eigenvalue weighted by Crippen LogP contribution is 2.29. The van der Waals surface area contributed by atoms with Gasteiger partial charge in [-0.25, -0.2) is 15.0 Å². The van der Waals surface area contributed by atoms with Crippen molar-refractivity contribution < 1.29 is 9.47 Å². The predicted octanol–water partition coefficient (Wildman–Crippen LogP) is 5.49. The number of ether oxygens (including phenoxy) is 2. The zero-order valence-corrected chi connectivity index (χ0v) is 20.8. The number of aromatic nitrogens is 2. The first kappa shape index (κ1) is 25.9. The van der Waals surface area contributed by atoms with Gasteiger partial charge in [-0.15, -0.1) is 11.8 Å². The molecule has 9 heteroatoms. The SMILES string of the molecule is C=C/C(=C\C=NC=N)Oc1ccc(Nc2ncnc3cc(OCCSCNCC)ccc23)cc1C. The van der Waals surface area contributed by atoms with Crippen LogP contribution >= 0.6 is 11.8 Å². The molecule has 0 radical (unpaired) electrons. The summed E-state index contributed by atoms with van der Waals surface area (Å²) >= 11 is 1.81. The predicted molar refractivity (Wildman–Crippen MR) is 147 cm³/mol. The summed E-state index contributed by atoms with van der Waals surface area (Å²) in [6.45, 7) is 9.43. The van der Waals surface area contributed by atoms with Gasteiger partial charge in [-0.05, 0) is 61.5 Å². The lowest BCUT2D eigenvalue weighted by molar-refractivity contribution is 0.344. The van der Waals surface area contributed by atoms with Gasteiger partial charge in [0.15, 0.2) is 0 Å². The molecule has 0 bridgehead atoms. The van der Waals surface area contributed by atoms with Crippen molar-refractivity contribution in [3.63, 3.8) is 0 Å². The van der Waals surface area contributed by atoms with E-state index in [0.29, 0.717) is 23.9 Å². The molecular weight excluding hydrogens is 460 g/mol. The Labute approximate surface area is 210 Å². The number of anilines is 2. The van der Waals surface area contributed by atoms with E-state index < -0.39 is 0 Å². The third-order valence-electron chi connectivity index (χ3n) is 4.82.